The molecule has 1 saturated heterocycles. The van der Waals surface area contributed by atoms with Crippen molar-refractivity contribution in [2.45, 2.75) is 57.4 Å². The first kappa shape index (κ1) is 29.9. The summed E-state index contributed by atoms with van der Waals surface area (Å²) in [6.45, 7) is 7.78. The SMILES string of the molecule is CC(SC[C@H]1CN(C(=O)OC(C)(C)C)CCN1C(=O)OCc1ccccc1)c1cc(C(F)(F)F)cnc1Cl. The van der Waals surface area contributed by atoms with Gasteiger partial charge in [0.05, 0.1) is 11.6 Å². The highest BCUT2D eigenvalue weighted by atomic mass is 35.5. The van der Waals surface area contributed by atoms with E-state index in [0.717, 1.165) is 11.6 Å². The normalized spacial score (nSPS) is 17.2. The highest BCUT2D eigenvalue weighted by Gasteiger charge is 2.36. The van der Waals surface area contributed by atoms with Crippen molar-refractivity contribution in [1.29, 1.82) is 0 Å². The van der Waals surface area contributed by atoms with Crippen LogP contribution < -0.4 is 0 Å². The first-order chi connectivity index (χ1) is 17.7. The molecule has 208 valence electrons. The van der Waals surface area contributed by atoms with Crippen molar-refractivity contribution in [3.63, 3.8) is 0 Å². The van der Waals surface area contributed by atoms with Gasteiger partial charge in [0.15, 0.2) is 0 Å². The Morgan fingerprint density at radius 1 is 1.16 bits per heavy atom. The number of benzene rings is 1. The van der Waals surface area contributed by atoms with Crippen LogP contribution in [-0.2, 0) is 22.3 Å². The van der Waals surface area contributed by atoms with Crippen molar-refractivity contribution >= 4 is 35.5 Å². The number of alkyl halides is 3. The predicted molar refractivity (Wildman–Crippen MR) is 140 cm³/mol. The van der Waals surface area contributed by atoms with Crippen LogP contribution in [-0.4, -0.2) is 64.0 Å². The van der Waals surface area contributed by atoms with Gasteiger partial charge in [0.2, 0.25) is 0 Å². The van der Waals surface area contributed by atoms with E-state index >= 15 is 0 Å². The van der Waals surface area contributed by atoms with E-state index in [-0.39, 0.29) is 37.0 Å². The standard InChI is InChI=1S/C26H31ClF3N3O4S/c1-17(21-12-19(26(28,29)30)13-31-22(21)27)38-16-20-14-32(23(34)37-25(2,3)4)10-11-33(20)24(35)36-15-18-8-6-5-7-9-18/h5-9,12-13,17,20H,10-11,14-16H2,1-4H3/t17?,20-/m1/s1. The maximum atomic E-state index is 13.2. The van der Waals surface area contributed by atoms with E-state index < -0.39 is 40.8 Å². The third kappa shape index (κ3) is 8.42. The van der Waals surface area contributed by atoms with Gasteiger partial charge in [-0.1, -0.05) is 41.9 Å². The molecule has 2 heterocycles. The molecule has 0 aliphatic carbocycles. The topological polar surface area (TPSA) is 72.0 Å². The molecule has 7 nitrogen and oxygen atoms in total. The molecular formula is C26H31ClF3N3O4S. The number of ether oxygens (including phenoxy) is 2. The maximum Gasteiger partial charge on any atom is 0.417 e. The lowest BCUT2D eigenvalue weighted by Gasteiger charge is -2.41. The fourth-order valence-corrected chi connectivity index (χ4v) is 5.27. The van der Waals surface area contributed by atoms with E-state index in [1.165, 1.54) is 16.7 Å². The van der Waals surface area contributed by atoms with Gasteiger partial charge in [0, 0.05) is 42.4 Å². The summed E-state index contributed by atoms with van der Waals surface area (Å²) < 4.78 is 50.7. The summed E-state index contributed by atoms with van der Waals surface area (Å²) in [6, 6.07) is 9.76. The lowest BCUT2D eigenvalue weighted by molar-refractivity contribution is -0.137. The molecule has 38 heavy (non-hydrogen) atoms. The summed E-state index contributed by atoms with van der Waals surface area (Å²) in [7, 11) is 0. The zero-order chi connectivity index (χ0) is 28.1. The number of pyridine rings is 1. The van der Waals surface area contributed by atoms with Crippen molar-refractivity contribution in [2.24, 2.45) is 0 Å². The average Bonchev–Trinajstić information content (AvgIpc) is 2.84. The molecule has 0 radical (unpaired) electrons. The molecule has 0 N–H and O–H groups in total. The number of hydrogen-bond donors (Lipinski definition) is 0. The Hall–Kier alpha value is -2.66. The molecule has 1 aliphatic rings. The van der Waals surface area contributed by atoms with Crippen molar-refractivity contribution in [3.8, 4) is 0 Å². The molecule has 0 spiro atoms. The Kier molecular flexibility index (Phi) is 9.80. The fraction of sp³-hybridized carbons (Fsp3) is 0.500. The first-order valence-electron chi connectivity index (χ1n) is 12.0. The van der Waals surface area contributed by atoms with Crippen LogP contribution in [0.15, 0.2) is 42.6 Å². The van der Waals surface area contributed by atoms with E-state index in [1.807, 2.05) is 30.3 Å². The van der Waals surface area contributed by atoms with Crippen LogP contribution in [0.5, 0.6) is 0 Å². The van der Waals surface area contributed by atoms with Gasteiger partial charge in [-0.25, -0.2) is 14.6 Å². The van der Waals surface area contributed by atoms with Gasteiger partial charge < -0.3 is 19.3 Å². The van der Waals surface area contributed by atoms with Gasteiger partial charge in [0.1, 0.15) is 17.4 Å². The van der Waals surface area contributed by atoms with Gasteiger partial charge in [-0.05, 0) is 39.3 Å². The Labute approximate surface area is 229 Å². The third-order valence-corrected chi connectivity index (χ3v) is 7.39. The summed E-state index contributed by atoms with van der Waals surface area (Å²) in [5.41, 5.74) is -0.498. The Morgan fingerprint density at radius 2 is 1.84 bits per heavy atom. The molecule has 2 amide bonds. The summed E-state index contributed by atoms with van der Waals surface area (Å²) in [4.78, 5) is 32.5. The second-order valence-corrected chi connectivity index (χ2v) is 11.6. The number of amides is 2. The van der Waals surface area contributed by atoms with E-state index in [2.05, 4.69) is 4.98 Å². The van der Waals surface area contributed by atoms with Crippen LogP contribution in [0, 0.1) is 0 Å². The van der Waals surface area contributed by atoms with E-state index in [1.54, 1.807) is 32.6 Å². The van der Waals surface area contributed by atoms with E-state index in [0.29, 0.717) is 11.9 Å². The summed E-state index contributed by atoms with van der Waals surface area (Å²) in [5.74, 6) is 0.313. The molecule has 0 saturated carbocycles. The van der Waals surface area contributed by atoms with Gasteiger partial charge in [-0.15, -0.1) is 0 Å². The second kappa shape index (κ2) is 12.5. The number of carbonyl (C=O) groups is 2. The number of aromatic nitrogens is 1. The summed E-state index contributed by atoms with van der Waals surface area (Å²) >= 11 is 7.43. The number of piperazine rings is 1. The highest BCUT2D eigenvalue weighted by Crippen LogP contribution is 2.37. The van der Waals surface area contributed by atoms with Crippen molar-refractivity contribution in [1.82, 2.24) is 14.8 Å². The molecular weight excluding hydrogens is 543 g/mol. The number of nitrogens with zero attached hydrogens (tertiary/aromatic N) is 3. The lowest BCUT2D eigenvalue weighted by atomic mass is 10.1. The van der Waals surface area contributed by atoms with Gasteiger partial charge >= 0.3 is 18.4 Å². The van der Waals surface area contributed by atoms with Crippen LogP contribution in [0.2, 0.25) is 5.15 Å². The van der Waals surface area contributed by atoms with Gasteiger partial charge in [-0.3, -0.25) is 0 Å². The van der Waals surface area contributed by atoms with Crippen LogP contribution >= 0.6 is 23.4 Å². The van der Waals surface area contributed by atoms with Crippen molar-refractivity contribution in [3.05, 3.63) is 64.4 Å². The minimum Gasteiger partial charge on any atom is -0.445 e. The maximum absolute atomic E-state index is 13.2. The van der Waals surface area contributed by atoms with Crippen LogP contribution in [0.3, 0.4) is 0 Å². The molecule has 1 fully saturated rings. The third-order valence-electron chi connectivity index (χ3n) is 5.74. The highest BCUT2D eigenvalue weighted by molar-refractivity contribution is 7.99. The number of rotatable bonds is 6. The number of carbonyl (C=O) groups excluding carboxylic acids is 2. The van der Waals surface area contributed by atoms with Crippen molar-refractivity contribution < 1.29 is 32.2 Å². The minimum atomic E-state index is -4.55. The molecule has 2 aromatic rings. The zero-order valence-electron chi connectivity index (χ0n) is 21.6. The Morgan fingerprint density at radius 3 is 2.47 bits per heavy atom. The fourth-order valence-electron chi connectivity index (χ4n) is 3.78. The lowest BCUT2D eigenvalue weighted by Crippen LogP contribution is -2.58. The van der Waals surface area contributed by atoms with E-state index in [9.17, 15) is 22.8 Å². The second-order valence-electron chi connectivity index (χ2n) is 9.89. The van der Waals surface area contributed by atoms with Crippen LogP contribution in [0.4, 0.5) is 22.8 Å². The Balaban J connectivity index is 1.73. The van der Waals surface area contributed by atoms with Crippen molar-refractivity contribution in [2.75, 3.05) is 25.4 Å². The van der Waals surface area contributed by atoms with Crippen LogP contribution in [0.25, 0.3) is 0 Å². The molecule has 1 aliphatic heterocycles. The molecule has 2 atom stereocenters. The average molecular weight is 574 g/mol. The molecule has 1 aromatic carbocycles. The minimum absolute atomic E-state index is 0.0175. The monoisotopic (exact) mass is 573 g/mol. The molecule has 0 bridgehead atoms. The smallest absolute Gasteiger partial charge is 0.417 e. The number of hydrogen-bond acceptors (Lipinski definition) is 6. The summed E-state index contributed by atoms with van der Waals surface area (Å²) in [5, 5.41) is -0.479. The summed E-state index contributed by atoms with van der Waals surface area (Å²) in [6.07, 6.45) is -4.88. The van der Waals surface area contributed by atoms with E-state index in [4.69, 9.17) is 21.1 Å². The van der Waals surface area contributed by atoms with Gasteiger partial charge in [0.25, 0.3) is 0 Å². The molecule has 12 heteroatoms. The largest absolute Gasteiger partial charge is 0.445 e. The Bertz CT molecular complexity index is 1120. The van der Waals surface area contributed by atoms with Crippen LogP contribution in [0.1, 0.15) is 49.6 Å². The molecule has 1 aromatic heterocycles. The molecule has 1 unspecified atom stereocenters. The zero-order valence-corrected chi connectivity index (χ0v) is 23.2. The predicted octanol–water partition coefficient (Wildman–Crippen LogP) is 6.81. The molecule has 3 rings (SSSR count). The number of halogens is 4. The number of thioether (sulfide) groups is 1. The first-order valence-corrected chi connectivity index (χ1v) is 13.5. The quantitative estimate of drug-likeness (QED) is 0.354. The van der Waals surface area contributed by atoms with Gasteiger partial charge in [-0.2, -0.15) is 24.9 Å².